The minimum Gasteiger partial charge on any atom is -0.292 e. The zero-order chi connectivity index (χ0) is 14.0. The maximum atomic E-state index is 13.1. The summed E-state index contributed by atoms with van der Waals surface area (Å²) in [4.78, 5) is 12.6. The Bertz CT molecular complexity index is 680. The van der Waals surface area contributed by atoms with E-state index in [9.17, 15) is 9.18 Å². The molecule has 3 heteroatoms. The molecule has 1 heterocycles. The molecule has 1 aromatic carbocycles. The lowest BCUT2D eigenvalue weighted by Gasteiger charge is -2.06. The van der Waals surface area contributed by atoms with Crippen LogP contribution in [0.25, 0.3) is 10.1 Å². The highest BCUT2D eigenvalue weighted by atomic mass is 32.1. The number of halogens is 1. The van der Waals surface area contributed by atoms with Crippen molar-refractivity contribution in [2.75, 3.05) is 0 Å². The van der Waals surface area contributed by atoms with Gasteiger partial charge in [-0.3, -0.25) is 4.79 Å². The Labute approximate surface area is 116 Å². The van der Waals surface area contributed by atoms with Crippen LogP contribution in [0.1, 0.15) is 36.9 Å². The third kappa shape index (κ3) is 3.65. The lowest BCUT2D eigenvalue weighted by atomic mass is 9.98. The number of rotatable bonds is 2. The third-order valence-corrected chi connectivity index (χ3v) is 3.62. The summed E-state index contributed by atoms with van der Waals surface area (Å²) >= 11 is 1.39. The van der Waals surface area contributed by atoms with Gasteiger partial charge in [-0.25, -0.2) is 4.39 Å². The Morgan fingerprint density at radius 2 is 2.05 bits per heavy atom. The summed E-state index contributed by atoms with van der Waals surface area (Å²) in [5.41, 5.74) is -0.0937. The highest BCUT2D eigenvalue weighted by Gasteiger charge is 2.10. The summed E-state index contributed by atoms with van der Waals surface area (Å²) < 4.78 is 14.0. The molecule has 0 aliphatic heterocycles. The summed E-state index contributed by atoms with van der Waals surface area (Å²) in [7, 11) is 0. The van der Waals surface area contributed by atoms with Crippen molar-refractivity contribution in [1.29, 1.82) is 0 Å². The van der Waals surface area contributed by atoms with Gasteiger partial charge in [-0.2, -0.15) is 0 Å². The highest BCUT2D eigenvalue weighted by molar-refractivity contribution is 7.20. The van der Waals surface area contributed by atoms with Crippen molar-refractivity contribution in [1.82, 2.24) is 0 Å². The second-order valence-electron chi connectivity index (χ2n) is 5.44. The van der Waals surface area contributed by atoms with Crippen LogP contribution in [0.5, 0.6) is 0 Å². The molecule has 0 aliphatic rings. The Hall–Kier alpha value is -1.66. The van der Waals surface area contributed by atoms with Crippen molar-refractivity contribution in [2.24, 2.45) is 5.41 Å². The van der Waals surface area contributed by atoms with E-state index in [0.717, 1.165) is 10.1 Å². The van der Waals surface area contributed by atoms with Gasteiger partial charge in [0.1, 0.15) is 5.82 Å². The SMILES string of the molecule is CC(C)(C)C#CCC(=O)c1cc2cc(F)ccc2s1. The van der Waals surface area contributed by atoms with Crippen LogP contribution in [0.2, 0.25) is 0 Å². The van der Waals surface area contributed by atoms with E-state index in [1.54, 1.807) is 12.1 Å². The molecular weight excluding hydrogens is 259 g/mol. The van der Waals surface area contributed by atoms with Gasteiger partial charge in [0, 0.05) is 10.1 Å². The number of benzene rings is 1. The molecule has 0 aliphatic carbocycles. The van der Waals surface area contributed by atoms with E-state index in [4.69, 9.17) is 0 Å². The zero-order valence-electron chi connectivity index (χ0n) is 11.2. The molecule has 0 unspecified atom stereocenters. The van der Waals surface area contributed by atoms with E-state index in [1.807, 2.05) is 20.8 Å². The first-order valence-corrected chi connectivity index (χ1v) is 6.89. The Balaban J connectivity index is 2.19. The van der Waals surface area contributed by atoms with Crippen LogP contribution >= 0.6 is 11.3 Å². The normalized spacial score (nSPS) is 11.2. The Kier molecular flexibility index (Phi) is 3.73. The first-order valence-electron chi connectivity index (χ1n) is 6.07. The van der Waals surface area contributed by atoms with Crippen LogP contribution in [0.15, 0.2) is 24.3 Å². The first-order chi connectivity index (χ1) is 8.85. The molecule has 1 aromatic heterocycles. The molecular formula is C16H15FOS. The quantitative estimate of drug-likeness (QED) is 0.575. The number of Topliss-reactive ketones (excluding diaryl/α,β-unsaturated/α-hetero) is 1. The van der Waals surface area contributed by atoms with Gasteiger partial charge in [-0.15, -0.1) is 11.3 Å². The van der Waals surface area contributed by atoms with Crippen LogP contribution in [0, 0.1) is 23.1 Å². The number of ketones is 1. The second-order valence-corrected chi connectivity index (χ2v) is 6.53. The number of hydrogen-bond acceptors (Lipinski definition) is 2. The smallest absolute Gasteiger partial charge is 0.184 e. The van der Waals surface area contributed by atoms with Crippen molar-refractivity contribution < 1.29 is 9.18 Å². The summed E-state index contributed by atoms with van der Waals surface area (Å²) in [6, 6.07) is 6.30. The number of hydrogen-bond donors (Lipinski definition) is 0. The molecule has 2 rings (SSSR count). The predicted molar refractivity (Wildman–Crippen MR) is 78.0 cm³/mol. The van der Waals surface area contributed by atoms with Gasteiger partial charge in [0.05, 0.1) is 11.3 Å². The maximum absolute atomic E-state index is 13.1. The van der Waals surface area contributed by atoms with Crippen molar-refractivity contribution >= 4 is 27.2 Å². The van der Waals surface area contributed by atoms with Gasteiger partial charge < -0.3 is 0 Å². The van der Waals surface area contributed by atoms with Crippen LogP contribution in [0.4, 0.5) is 4.39 Å². The molecule has 0 saturated heterocycles. The maximum Gasteiger partial charge on any atom is 0.184 e. The molecule has 0 amide bonds. The number of carbonyl (C=O) groups excluding carboxylic acids is 1. The van der Waals surface area contributed by atoms with Crippen molar-refractivity contribution in [3.8, 4) is 11.8 Å². The number of thiophene rings is 1. The fraction of sp³-hybridized carbons (Fsp3) is 0.312. The molecule has 1 nitrogen and oxygen atoms in total. The Morgan fingerprint density at radius 3 is 2.74 bits per heavy atom. The van der Waals surface area contributed by atoms with Gasteiger partial charge >= 0.3 is 0 Å². The van der Waals surface area contributed by atoms with E-state index in [1.165, 1.54) is 23.5 Å². The zero-order valence-corrected chi connectivity index (χ0v) is 12.0. The fourth-order valence-electron chi connectivity index (χ4n) is 1.63. The van der Waals surface area contributed by atoms with Crippen molar-refractivity contribution in [3.63, 3.8) is 0 Å². The fourth-order valence-corrected chi connectivity index (χ4v) is 2.61. The molecule has 0 atom stereocenters. The van der Waals surface area contributed by atoms with Crippen molar-refractivity contribution in [2.45, 2.75) is 27.2 Å². The average Bonchev–Trinajstić information content (AvgIpc) is 2.70. The molecule has 0 bridgehead atoms. The van der Waals surface area contributed by atoms with Crippen LogP contribution in [-0.4, -0.2) is 5.78 Å². The molecule has 0 fully saturated rings. The molecule has 0 spiro atoms. The van der Waals surface area contributed by atoms with Crippen molar-refractivity contribution in [3.05, 3.63) is 35.0 Å². The molecule has 0 saturated carbocycles. The van der Waals surface area contributed by atoms with E-state index in [2.05, 4.69) is 11.8 Å². The second kappa shape index (κ2) is 5.14. The lowest BCUT2D eigenvalue weighted by Crippen LogP contribution is -2.00. The molecule has 0 radical (unpaired) electrons. The number of carbonyl (C=O) groups is 1. The number of fused-ring (bicyclic) bond motifs is 1. The lowest BCUT2D eigenvalue weighted by molar-refractivity contribution is 0.100. The summed E-state index contributed by atoms with van der Waals surface area (Å²) in [6.07, 6.45) is 0.215. The summed E-state index contributed by atoms with van der Waals surface area (Å²) in [6.45, 7) is 6.02. The molecule has 2 aromatic rings. The molecule has 98 valence electrons. The Morgan fingerprint density at radius 1 is 1.32 bits per heavy atom. The average molecular weight is 274 g/mol. The van der Waals surface area contributed by atoms with Gasteiger partial charge in [0.2, 0.25) is 0 Å². The summed E-state index contributed by atoms with van der Waals surface area (Å²) in [5, 5.41) is 0.775. The highest BCUT2D eigenvalue weighted by Crippen LogP contribution is 2.27. The predicted octanol–water partition coefficient (Wildman–Crippen LogP) is 4.66. The van der Waals surface area contributed by atoms with Crippen LogP contribution in [-0.2, 0) is 0 Å². The van der Waals surface area contributed by atoms with Gasteiger partial charge in [0.25, 0.3) is 0 Å². The first kappa shape index (κ1) is 13.8. The standard InChI is InChI=1S/C16H15FOS/c1-16(2,3)8-4-5-13(18)15-10-11-9-12(17)6-7-14(11)19-15/h6-7,9-10H,5H2,1-3H3. The minimum atomic E-state index is -0.281. The van der Waals surface area contributed by atoms with Gasteiger partial charge in [-0.05, 0) is 50.4 Å². The molecule has 0 N–H and O–H groups in total. The topological polar surface area (TPSA) is 17.1 Å². The monoisotopic (exact) mass is 274 g/mol. The van der Waals surface area contributed by atoms with E-state index >= 15 is 0 Å². The van der Waals surface area contributed by atoms with E-state index < -0.39 is 0 Å². The van der Waals surface area contributed by atoms with Crippen LogP contribution < -0.4 is 0 Å². The van der Waals surface area contributed by atoms with E-state index in [-0.39, 0.29) is 23.4 Å². The van der Waals surface area contributed by atoms with Gasteiger partial charge in [0.15, 0.2) is 5.78 Å². The van der Waals surface area contributed by atoms with Crippen LogP contribution in [0.3, 0.4) is 0 Å². The summed E-state index contributed by atoms with van der Waals surface area (Å²) in [5.74, 6) is 5.67. The van der Waals surface area contributed by atoms with Gasteiger partial charge in [-0.1, -0.05) is 11.8 Å². The van der Waals surface area contributed by atoms with E-state index in [0.29, 0.717) is 4.88 Å². The third-order valence-electron chi connectivity index (χ3n) is 2.47. The minimum absolute atomic E-state index is 0.00152. The largest absolute Gasteiger partial charge is 0.292 e. The molecule has 19 heavy (non-hydrogen) atoms.